The molecule has 24 heavy (non-hydrogen) atoms. The van der Waals surface area contributed by atoms with E-state index >= 15 is 0 Å². The first kappa shape index (κ1) is 15.8. The number of hydrogen-bond acceptors (Lipinski definition) is 4. The van der Waals surface area contributed by atoms with Crippen LogP contribution < -0.4 is 0 Å². The van der Waals surface area contributed by atoms with Crippen LogP contribution >= 0.6 is 11.3 Å². The van der Waals surface area contributed by atoms with Gasteiger partial charge in [0.2, 0.25) is 5.91 Å². The van der Waals surface area contributed by atoms with Gasteiger partial charge in [0.25, 0.3) is 0 Å². The zero-order valence-electron chi connectivity index (χ0n) is 13.8. The molecule has 0 radical (unpaired) electrons. The van der Waals surface area contributed by atoms with Crippen LogP contribution in [0.25, 0.3) is 0 Å². The van der Waals surface area contributed by atoms with Gasteiger partial charge in [-0.25, -0.2) is 0 Å². The maximum absolute atomic E-state index is 13.0. The SMILES string of the molecule is O=C(C[C@H]1OCCc2ccsc21)N1CCCC[C@@H]1Cn1cccn1. The highest BCUT2D eigenvalue weighted by atomic mass is 32.1. The molecule has 2 atom stereocenters. The lowest BCUT2D eigenvalue weighted by Gasteiger charge is -2.37. The Morgan fingerprint density at radius 2 is 2.38 bits per heavy atom. The Balaban J connectivity index is 1.44. The molecule has 128 valence electrons. The summed E-state index contributed by atoms with van der Waals surface area (Å²) in [5.74, 6) is 0.220. The fourth-order valence-electron chi connectivity index (χ4n) is 3.79. The number of likely N-dealkylation sites (tertiary alicyclic amines) is 1. The van der Waals surface area contributed by atoms with E-state index in [2.05, 4.69) is 21.4 Å². The predicted octanol–water partition coefficient (Wildman–Crippen LogP) is 3.03. The van der Waals surface area contributed by atoms with Crippen molar-refractivity contribution in [3.8, 4) is 0 Å². The average Bonchev–Trinajstić information content (AvgIpc) is 3.27. The van der Waals surface area contributed by atoms with Crippen LogP contribution in [-0.4, -0.2) is 39.8 Å². The maximum atomic E-state index is 13.0. The molecule has 0 saturated carbocycles. The van der Waals surface area contributed by atoms with Crippen LogP contribution in [0.15, 0.2) is 29.9 Å². The summed E-state index contributed by atoms with van der Waals surface area (Å²) in [4.78, 5) is 16.3. The molecular weight excluding hydrogens is 322 g/mol. The zero-order valence-corrected chi connectivity index (χ0v) is 14.6. The molecular formula is C18H23N3O2S. The summed E-state index contributed by atoms with van der Waals surface area (Å²) in [6.45, 7) is 2.36. The number of carbonyl (C=O) groups excluding carboxylic acids is 1. The third kappa shape index (κ3) is 3.26. The van der Waals surface area contributed by atoms with Crippen LogP contribution in [0.2, 0.25) is 0 Å². The summed E-state index contributed by atoms with van der Waals surface area (Å²) < 4.78 is 7.85. The number of thiophene rings is 1. The number of amides is 1. The van der Waals surface area contributed by atoms with Crippen molar-refractivity contribution >= 4 is 17.2 Å². The summed E-state index contributed by atoms with van der Waals surface area (Å²) >= 11 is 1.72. The van der Waals surface area contributed by atoms with Gasteiger partial charge in [0, 0.05) is 23.8 Å². The van der Waals surface area contributed by atoms with E-state index in [9.17, 15) is 4.79 Å². The highest BCUT2D eigenvalue weighted by Crippen LogP contribution is 2.35. The van der Waals surface area contributed by atoms with Gasteiger partial charge in [-0.2, -0.15) is 5.10 Å². The van der Waals surface area contributed by atoms with Crippen molar-refractivity contribution in [1.82, 2.24) is 14.7 Å². The van der Waals surface area contributed by atoms with E-state index in [1.807, 2.05) is 16.9 Å². The van der Waals surface area contributed by atoms with Crippen LogP contribution in [0.3, 0.4) is 0 Å². The number of fused-ring (bicyclic) bond motifs is 1. The first-order valence-electron chi connectivity index (χ1n) is 8.76. The van der Waals surface area contributed by atoms with Gasteiger partial charge in [0.1, 0.15) is 6.10 Å². The topological polar surface area (TPSA) is 47.4 Å². The van der Waals surface area contributed by atoms with E-state index in [0.29, 0.717) is 6.42 Å². The minimum absolute atomic E-state index is 0.0615. The van der Waals surface area contributed by atoms with Crippen LogP contribution in [0, 0.1) is 0 Å². The third-order valence-electron chi connectivity index (χ3n) is 5.03. The van der Waals surface area contributed by atoms with Gasteiger partial charge in [-0.1, -0.05) is 0 Å². The fourth-order valence-corrected chi connectivity index (χ4v) is 4.80. The van der Waals surface area contributed by atoms with E-state index in [-0.39, 0.29) is 18.1 Å². The molecule has 1 saturated heterocycles. The molecule has 1 amide bonds. The summed E-state index contributed by atoms with van der Waals surface area (Å²) in [5.41, 5.74) is 1.36. The Morgan fingerprint density at radius 3 is 3.25 bits per heavy atom. The number of nitrogens with zero attached hydrogens (tertiary/aromatic N) is 3. The van der Waals surface area contributed by atoms with Crippen molar-refractivity contribution in [3.05, 3.63) is 40.3 Å². The quantitative estimate of drug-likeness (QED) is 0.856. The van der Waals surface area contributed by atoms with Gasteiger partial charge in [0.15, 0.2) is 0 Å². The minimum atomic E-state index is -0.0615. The highest BCUT2D eigenvalue weighted by Gasteiger charge is 2.31. The molecule has 2 aliphatic heterocycles. The molecule has 0 aliphatic carbocycles. The number of hydrogen-bond donors (Lipinski definition) is 0. The molecule has 0 spiro atoms. The zero-order chi connectivity index (χ0) is 16.4. The van der Waals surface area contributed by atoms with Crippen LogP contribution in [-0.2, 0) is 22.5 Å². The van der Waals surface area contributed by atoms with Gasteiger partial charge in [-0.15, -0.1) is 11.3 Å². The summed E-state index contributed by atoms with van der Waals surface area (Å²) in [5, 5.41) is 6.41. The van der Waals surface area contributed by atoms with Gasteiger partial charge >= 0.3 is 0 Å². The molecule has 1 fully saturated rings. The normalized spacial score (nSPS) is 23.9. The molecule has 6 heteroatoms. The van der Waals surface area contributed by atoms with E-state index in [4.69, 9.17) is 4.74 Å². The van der Waals surface area contributed by atoms with Gasteiger partial charge in [0.05, 0.1) is 25.6 Å². The first-order valence-corrected chi connectivity index (χ1v) is 9.64. The van der Waals surface area contributed by atoms with Crippen molar-refractivity contribution in [2.75, 3.05) is 13.2 Å². The van der Waals surface area contributed by atoms with Crippen molar-refractivity contribution in [3.63, 3.8) is 0 Å². The Bertz CT molecular complexity index is 682. The molecule has 4 rings (SSSR count). The maximum Gasteiger partial charge on any atom is 0.225 e. The fraction of sp³-hybridized carbons (Fsp3) is 0.556. The second-order valence-corrected chi connectivity index (χ2v) is 7.54. The Kier molecular flexibility index (Phi) is 4.67. The van der Waals surface area contributed by atoms with Crippen molar-refractivity contribution in [2.24, 2.45) is 0 Å². The van der Waals surface area contributed by atoms with E-state index < -0.39 is 0 Å². The van der Waals surface area contributed by atoms with E-state index in [1.54, 1.807) is 17.5 Å². The predicted molar refractivity (Wildman–Crippen MR) is 92.9 cm³/mol. The molecule has 4 heterocycles. The summed E-state index contributed by atoms with van der Waals surface area (Å²) in [7, 11) is 0. The van der Waals surface area contributed by atoms with E-state index in [0.717, 1.165) is 39.0 Å². The van der Waals surface area contributed by atoms with Crippen molar-refractivity contribution in [2.45, 2.75) is 50.8 Å². The van der Waals surface area contributed by atoms with Gasteiger partial charge < -0.3 is 9.64 Å². The van der Waals surface area contributed by atoms with Crippen LogP contribution in [0.5, 0.6) is 0 Å². The number of ether oxygens (including phenoxy) is 1. The monoisotopic (exact) mass is 345 g/mol. The lowest BCUT2D eigenvalue weighted by molar-refractivity contribution is -0.138. The lowest BCUT2D eigenvalue weighted by Crippen LogP contribution is -2.46. The Morgan fingerprint density at radius 1 is 1.42 bits per heavy atom. The van der Waals surface area contributed by atoms with E-state index in [1.165, 1.54) is 16.9 Å². The molecule has 0 unspecified atom stereocenters. The summed E-state index contributed by atoms with van der Waals surface area (Å²) in [6.07, 6.45) is 8.47. The highest BCUT2D eigenvalue weighted by molar-refractivity contribution is 7.10. The molecule has 2 aromatic rings. The molecule has 0 bridgehead atoms. The second kappa shape index (κ2) is 7.07. The molecule has 5 nitrogen and oxygen atoms in total. The molecule has 2 aliphatic rings. The lowest BCUT2D eigenvalue weighted by atomic mass is 10.00. The van der Waals surface area contributed by atoms with Crippen molar-refractivity contribution in [1.29, 1.82) is 0 Å². The summed E-state index contributed by atoms with van der Waals surface area (Å²) in [6, 6.07) is 4.35. The molecule has 0 aromatic carbocycles. The second-order valence-electron chi connectivity index (χ2n) is 6.59. The van der Waals surface area contributed by atoms with Gasteiger partial charge in [-0.3, -0.25) is 9.48 Å². The standard InChI is InChI=1S/C18H23N3O2S/c22-17(12-16-18-14(5-10-23-16)6-11-24-18)21-9-2-1-4-15(21)13-20-8-3-7-19-20/h3,6-8,11,15-16H,1-2,4-5,9-10,12-13H2/t15-,16-/m1/s1. The number of aromatic nitrogens is 2. The number of carbonyl (C=O) groups is 1. The van der Waals surface area contributed by atoms with Crippen molar-refractivity contribution < 1.29 is 9.53 Å². The molecule has 0 N–H and O–H groups in total. The van der Waals surface area contributed by atoms with Crippen LogP contribution in [0.4, 0.5) is 0 Å². The average molecular weight is 345 g/mol. The minimum Gasteiger partial charge on any atom is -0.372 e. The molecule has 2 aromatic heterocycles. The Labute approximate surface area is 146 Å². The number of piperidine rings is 1. The van der Waals surface area contributed by atoms with Crippen LogP contribution in [0.1, 0.15) is 42.2 Å². The largest absolute Gasteiger partial charge is 0.372 e. The number of rotatable bonds is 4. The smallest absolute Gasteiger partial charge is 0.225 e. The Hall–Kier alpha value is -1.66. The van der Waals surface area contributed by atoms with Gasteiger partial charge in [-0.05, 0) is 48.8 Å². The third-order valence-corrected chi connectivity index (χ3v) is 6.08. The first-order chi connectivity index (χ1) is 11.8.